The molecule has 0 fully saturated rings. The molecule has 1 aromatic carbocycles. The van der Waals surface area contributed by atoms with Crippen LogP contribution in [0.2, 0.25) is 0 Å². The summed E-state index contributed by atoms with van der Waals surface area (Å²) in [4.78, 5) is 11.8. The summed E-state index contributed by atoms with van der Waals surface area (Å²) in [6.45, 7) is 3.89. The van der Waals surface area contributed by atoms with Gasteiger partial charge in [0.2, 0.25) is 0 Å². The Morgan fingerprint density at radius 2 is 2.19 bits per heavy atom. The van der Waals surface area contributed by atoms with Crippen molar-refractivity contribution in [3.05, 3.63) is 34.3 Å². The quantitative estimate of drug-likeness (QED) is 0.783. The average Bonchev–Trinajstić information content (AvgIpc) is 2.27. The van der Waals surface area contributed by atoms with Gasteiger partial charge < -0.3 is 0 Å². The first-order chi connectivity index (χ1) is 7.54. The van der Waals surface area contributed by atoms with Crippen molar-refractivity contribution < 1.29 is 9.00 Å². The van der Waals surface area contributed by atoms with Gasteiger partial charge in [-0.05, 0) is 18.6 Å². The Bertz CT molecular complexity index is 404. The fraction of sp³-hybridized carbons (Fsp3) is 0.417. The van der Waals surface area contributed by atoms with Crippen molar-refractivity contribution in [2.45, 2.75) is 25.5 Å². The van der Waals surface area contributed by atoms with Crippen molar-refractivity contribution >= 4 is 32.5 Å². The van der Waals surface area contributed by atoms with E-state index in [0.29, 0.717) is 5.56 Å². The summed E-state index contributed by atoms with van der Waals surface area (Å²) >= 11 is 3.31. The van der Waals surface area contributed by atoms with Crippen LogP contribution < -0.4 is 0 Å². The molecule has 88 valence electrons. The highest BCUT2D eigenvalue weighted by atomic mass is 79.9. The summed E-state index contributed by atoms with van der Waals surface area (Å²) in [6, 6.07) is 7.18. The van der Waals surface area contributed by atoms with Crippen LogP contribution in [0, 0.1) is 0 Å². The molecule has 0 amide bonds. The van der Waals surface area contributed by atoms with Crippen molar-refractivity contribution in [3.8, 4) is 0 Å². The lowest BCUT2D eigenvalue weighted by Crippen LogP contribution is -2.19. The van der Waals surface area contributed by atoms with Gasteiger partial charge in [0.15, 0.2) is 5.78 Å². The fourth-order valence-electron chi connectivity index (χ4n) is 1.20. The third-order valence-corrected chi connectivity index (χ3v) is 4.71. The van der Waals surface area contributed by atoms with Gasteiger partial charge in [-0.15, -0.1) is 0 Å². The Labute approximate surface area is 107 Å². The first-order valence-corrected chi connectivity index (χ1v) is 7.38. The molecule has 0 N–H and O–H groups in total. The van der Waals surface area contributed by atoms with E-state index in [-0.39, 0.29) is 16.8 Å². The highest BCUT2D eigenvalue weighted by Gasteiger charge is 2.14. The topological polar surface area (TPSA) is 34.1 Å². The summed E-state index contributed by atoms with van der Waals surface area (Å²) in [7, 11) is -1.07. The fourth-order valence-corrected chi connectivity index (χ4v) is 2.68. The van der Waals surface area contributed by atoms with E-state index in [4.69, 9.17) is 0 Å². The molecule has 16 heavy (non-hydrogen) atoms. The molecule has 2 nitrogen and oxygen atoms in total. The van der Waals surface area contributed by atoms with Gasteiger partial charge in [-0.25, -0.2) is 0 Å². The Morgan fingerprint density at radius 1 is 1.50 bits per heavy atom. The molecular formula is C12H15BrO2S. The summed E-state index contributed by atoms with van der Waals surface area (Å²) in [5, 5.41) is 0.0797. The maximum absolute atomic E-state index is 11.8. The lowest BCUT2D eigenvalue weighted by molar-refractivity contribution is 0.102. The molecule has 0 radical (unpaired) electrons. The number of hydrogen-bond donors (Lipinski definition) is 0. The van der Waals surface area contributed by atoms with Crippen molar-refractivity contribution in [1.82, 2.24) is 0 Å². The number of carbonyl (C=O) groups is 1. The van der Waals surface area contributed by atoms with Gasteiger partial charge in [-0.2, -0.15) is 0 Å². The van der Waals surface area contributed by atoms with E-state index in [1.165, 1.54) is 0 Å². The van der Waals surface area contributed by atoms with Gasteiger partial charge in [0.1, 0.15) is 0 Å². The zero-order chi connectivity index (χ0) is 12.1. The van der Waals surface area contributed by atoms with Gasteiger partial charge in [0.25, 0.3) is 0 Å². The average molecular weight is 303 g/mol. The summed E-state index contributed by atoms with van der Waals surface area (Å²) in [6.07, 6.45) is 0.832. The van der Waals surface area contributed by atoms with Crippen molar-refractivity contribution in [1.29, 1.82) is 0 Å². The maximum atomic E-state index is 11.8. The van der Waals surface area contributed by atoms with Gasteiger partial charge in [0.05, 0.1) is 5.75 Å². The minimum Gasteiger partial charge on any atom is -0.293 e. The minimum atomic E-state index is -1.07. The van der Waals surface area contributed by atoms with Crippen LogP contribution in [0.5, 0.6) is 0 Å². The van der Waals surface area contributed by atoms with E-state index in [9.17, 15) is 9.00 Å². The van der Waals surface area contributed by atoms with E-state index in [1.54, 1.807) is 12.1 Å². The zero-order valence-electron chi connectivity index (χ0n) is 9.40. The molecule has 0 saturated heterocycles. The predicted octanol–water partition coefficient (Wildman–Crippen LogP) is 3.18. The molecule has 2 atom stereocenters. The van der Waals surface area contributed by atoms with E-state index in [2.05, 4.69) is 15.9 Å². The Morgan fingerprint density at radius 3 is 2.75 bits per heavy atom. The Hall–Kier alpha value is -0.480. The van der Waals surface area contributed by atoms with E-state index in [1.807, 2.05) is 26.0 Å². The number of carbonyl (C=O) groups excluding carboxylic acids is 1. The van der Waals surface area contributed by atoms with E-state index in [0.717, 1.165) is 10.9 Å². The number of benzene rings is 1. The van der Waals surface area contributed by atoms with Crippen LogP contribution in [0.25, 0.3) is 0 Å². The minimum absolute atomic E-state index is 0.0556. The molecule has 0 heterocycles. The van der Waals surface area contributed by atoms with Gasteiger partial charge in [-0.3, -0.25) is 9.00 Å². The molecule has 0 aromatic heterocycles. The molecule has 0 saturated carbocycles. The Balaban J connectivity index is 2.69. The molecule has 1 aromatic rings. The summed E-state index contributed by atoms with van der Waals surface area (Å²) in [5.74, 6) is 0.0609. The normalized spacial score (nSPS) is 14.4. The second-order valence-electron chi connectivity index (χ2n) is 3.68. The predicted molar refractivity (Wildman–Crippen MR) is 71.2 cm³/mol. The molecule has 0 bridgehead atoms. The number of ketones is 1. The number of Topliss-reactive ketones (excluding diaryl/α,β-unsaturated/α-hetero) is 1. The molecule has 2 unspecified atom stereocenters. The standard InChI is InChI=1S/C12H15BrO2S/c1-3-9(2)16(15)8-12(14)10-5-4-6-11(13)7-10/h4-7,9H,3,8H2,1-2H3. The van der Waals surface area contributed by atoms with Gasteiger partial charge in [0, 0.05) is 26.1 Å². The van der Waals surface area contributed by atoms with Crippen LogP contribution in [0.1, 0.15) is 30.6 Å². The molecule has 0 aliphatic heterocycles. The van der Waals surface area contributed by atoms with Crippen molar-refractivity contribution in [2.24, 2.45) is 0 Å². The number of hydrogen-bond acceptors (Lipinski definition) is 2. The molecule has 4 heteroatoms. The summed E-state index contributed by atoms with van der Waals surface area (Å²) < 4.78 is 12.6. The molecule has 0 aliphatic carbocycles. The highest BCUT2D eigenvalue weighted by molar-refractivity contribution is 9.10. The van der Waals surface area contributed by atoms with Gasteiger partial charge in [-0.1, -0.05) is 41.9 Å². The second kappa shape index (κ2) is 6.30. The molecule has 0 aliphatic rings. The third-order valence-electron chi connectivity index (χ3n) is 2.44. The van der Waals surface area contributed by atoms with Gasteiger partial charge >= 0.3 is 0 Å². The lowest BCUT2D eigenvalue weighted by atomic mass is 10.2. The van der Waals surface area contributed by atoms with Crippen LogP contribution in [0.15, 0.2) is 28.7 Å². The van der Waals surface area contributed by atoms with E-state index >= 15 is 0 Å². The van der Waals surface area contributed by atoms with Crippen LogP contribution in [-0.4, -0.2) is 21.0 Å². The first-order valence-electron chi connectivity index (χ1n) is 5.20. The smallest absolute Gasteiger partial charge is 0.175 e. The SMILES string of the molecule is CCC(C)S(=O)CC(=O)c1cccc(Br)c1. The van der Waals surface area contributed by atoms with Crippen molar-refractivity contribution in [2.75, 3.05) is 5.75 Å². The van der Waals surface area contributed by atoms with Crippen molar-refractivity contribution in [3.63, 3.8) is 0 Å². The lowest BCUT2D eigenvalue weighted by Gasteiger charge is -2.07. The van der Waals surface area contributed by atoms with Crippen LogP contribution in [0.4, 0.5) is 0 Å². The van der Waals surface area contributed by atoms with Crippen LogP contribution in [0.3, 0.4) is 0 Å². The van der Waals surface area contributed by atoms with Crippen LogP contribution in [-0.2, 0) is 10.8 Å². The molecular weight excluding hydrogens is 288 g/mol. The number of rotatable bonds is 5. The molecule has 0 spiro atoms. The maximum Gasteiger partial charge on any atom is 0.175 e. The second-order valence-corrected chi connectivity index (χ2v) is 6.45. The summed E-state index contributed by atoms with van der Waals surface area (Å²) in [5.41, 5.74) is 0.617. The number of halogens is 1. The zero-order valence-corrected chi connectivity index (χ0v) is 11.8. The van der Waals surface area contributed by atoms with E-state index < -0.39 is 10.8 Å². The highest BCUT2D eigenvalue weighted by Crippen LogP contribution is 2.13. The van der Waals surface area contributed by atoms with Crippen LogP contribution >= 0.6 is 15.9 Å². The third kappa shape index (κ3) is 3.83. The first kappa shape index (κ1) is 13.6. The Kier molecular flexibility index (Phi) is 5.35. The molecule has 1 rings (SSSR count). The largest absolute Gasteiger partial charge is 0.293 e. The monoisotopic (exact) mass is 302 g/mol.